The van der Waals surface area contributed by atoms with Crippen LogP contribution in [0.3, 0.4) is 0 Å². The molecule has 2 N–H and O–H groups in total. The maximum atomic E-state index is 15.9. The van der Waals surface area contributed by atoms with Crippen molar-refractivity contribution < 1.29 is 27.8 Å². The van der Waals surface area contributed by atoms with Gasteiger partial charge in [0.1, 0.15) is 5.60 Å². The van der Waals surface area contributed by atoms with E-state index in [1.165, 1.54) is 0 Å². The summed E-state index contributed by atoms with van der Waals surface area (Å²) in [5.41, 5.74) is 4.29. The highest BCUT2D eigenvalue weighted by molar-refractivity contribution is 5.94. The molecule has 0 bridgehead atoms. The third-order valence-electron chi connectivity index (χ3n) is 12.2. The number of imidazole rings is 1. The Kier molecular flexibility index (Phi) is 9.49. The number of fused-ring (bicyclic) bond motifs is 2. The Hall–Kier alpha value is -4.08. The van der Waals surface area contributed by atoms with E-state index in [1.54, 1.807) is 22.7 Å². The summed E-state index contributed by atoms with van der Waals surface area (Å²) in [5, 5.41) is 11.2. The van der Waals surface area contributed by atoms with Gasteiger partial charge in [0.05, 0.1) is 36.6 Å². The van der Waals surface area contributed by atoms with Crippen molar-refractivity contribution in [3.63, 3.8) is 0 Å². The van der Waals surface area contributed by atoms with E-state index in [-0.39, 0.29) is 36.1 Å². The van der Waals surface area contributed by atoms with Gasteiger partial charge in [0.25, 0.3) is 11.8 Å². The number of anilines is 3. The monoisotopic (exact) mass is 749 g/mol. The Labute approximate surface area is 315 Å². The van der Waals surface area contributed by atoms with Gasteiger partial charge < -0.3 is 29.9 Å². The van der Waals surface area contributed by atoms with E-state index in [9.17, 15) is 9.59 Å². The normalized spacial score (nSPS) is 25.3. The first-order valence-electron chi connectivity index (χ1n) is 19.4. The van der Waals surface area contributed by atoms with E-state index >= 15 is 8.78 Å². The molecule has 0 radical (unpaired) electrons. The number of ether oxygens (including phenoxy) is 2. The van der Waals surface area contributed by atoms with Crippen molar-refractivity contribution in [1.82, 2.24) is 34.6 Å². The van der Waals surface area contributed by atoms with Crippen LogP contribution in [0.2, 0.25) is 0 Å². The Morgan fingerprint density at radius 1 is 1.04 bits per heavy atom. The smallest absolute Gasteiger partial charge is 0.410 e. The molecule has 6 heterocycles. The summed E-state index contributed by atoms with van der Waals surface area (Å²) in [6, 6.07) is 7.22. The predicted molar refractivity (Wildman–Crippen MR) is 201 cm³/mol. The van der Waals surface area contributed by atoms with Crippen molar-refractivity contribution in [2.45, 2.75) is 95.6 Å². The molecule has 54 heavy (non-hydrogen) atoms. The highest BCUT2D eigenvalue weighted by Gasteiger charge is 2.55. The number of benzene rings is 1. The lowest BCUT2D eigenvalue weighted by Gasteiger charge is -2.58. The lowest BCUT2D eigenvalue weighted by Crippen LogP contribution is -2.69. The zero-order valence-electron chi connectivity index (χ0n) is 32.0. The number of aromatic nitrogens is 3. The lowest BCUT2D eigenvalue weighted by atomic mass is 9.70. The average molecular weight is 750 g/mol. The fourth-order valence-electron chi connectivity index (χ4n) is 9.14. The fraction of sp³-hybridized carbons (Fsp3) is 0.641. The molecule has 292 valence electrons. The highest BCUT2D eigenvalue weighted by Crippen LogP contribution is 2.46. The maximum Gasteiger partial charge on any atom is 0.410 e. The van der Waals surface area contributed by atoms with Gasteiger partial charge in [-0.1, -0.05) is 12.1 Å². The van der Waals surface area contributed by atoms with Crippen molar-refractivity contribution in [3.05, 3.63) is 47.3 Å². The molecule has 4 fully saturated rings. The number of nitrogens with zero attached hydrogens (tertiary/aromatic N) is 7. The summed E-state index contributed by atoms with van der Waals surface area (Å²) >= 11 is 0. The topological polar surface area (TPSA) is 120 Å². The first kappa shape index (κ1) is 36.9. The molecule has 1 spiro atoms. The van der Waals surface area contributed by atoms with Crippen molar-refractivity contribution in [2.24, 2.45) is 5.41 Å². The van der Waals surface area contributed by atoms with Gasteiger partial charge in [-0.3, -0.25) is 14.6 Å². The van der Waals surface area contributed by atoms with Crippen LogP contribution in [0.1, 0.15) is 74.5 Å². The molecule has 1 aromatic carbocycles. The van der Waals surface area contributed by atoms with E-state index in [4.69, 9.17) is 14.6 Å². The Morgan fingerprint density at radius 3 is 2.48 bits per heavy atom. The maximum absolute atomic E-state index is 15.9. The predicted octanol–water partition coefficient (Wildman–Crippen LogP) is 4.91. The van der Waals surface area contributed by atoms with Gasteiger partial charge in [0.15, 0.2) is 17.2 Å². The molecular formula is C39H53F2N9O4. The van der Waals surface area contributed by atoms with Crippen LogP contribution >= 0.6 is 0 Å². The van der Waals surface area contributed by atoms with Gasteiger partial charge in [-0.05, 0) is 81.9 Å². The number of methoxy groups -OCH3 is 1. The van der Waals surface area contributed by atoms with Gasteiger partial charge in [-0.2, -0.15) is 0 Å². The number of hydrogen-bond acceptors (Lipinski definition) is 10. The zero-order valence-corrected chi connectivity index (χ0v) is 32.0. The molecule has 1 unspecified atom stereocenters. The molecular weight excluding hydrogens is 696 g/mol. The quantitative estimate of drug-likeness (QED) is 0.329. The fourth-order valence-corrected chi connectivity index (χ4v) is 9.14. The number of carbonyl (C=O) groups excluding carboxylic acids is 2. The Morgan fingerprint density at radius 2 is 1.81 bits per heavy atom. The lowest BCUT2D eigenvalue weighted by molar-refractivity contribution is -0.174. The van der Waals surface area contributed by atoms with E-state index in [0.29, 0.717) is 69.4 Å². The standard InChI is InChI=1S/C39H53F2N9O4/c1-37(2,3)54-36(52)47-17-13-38(14-18-47)22-48(23-38)32-12-15-46(24-39(32,40)41)21-25-7-6-8-29-26(25)11-16-49(29)33-19-28(42-4)34-43-20-30(50(34)45-33)35(51)44-27-9-10-31(27)53-5/h6-8,19-20,27,31-32,42H,9-18,21-24H2,1-5H3,(H,44,51)/t27-,31-,32?/m1/s1. The van der Waals surface area contributed by atoms with Crippen molar-refractivity contribution in [1.29, 1.82) is 0 Å². The molecule has 2 aromatic heterocycles. The van der Waals surface area contributed by atoms with Crippen LogP contribution in [-0.2, 0) is 22.4 Å². The van der Waals surface area contributed by atoms with E-state index in [1.807, 2.05) is 49.8 Å². The van der Waals surface area contributed by atoms with Crippen molar-refractivity contribution >= 4 is 34.8 Å². The second kappa shape index (κ2) is 13.9. The number of alkyl halides is 2. The number of piperidine rings is 2. The van der Waals surface area contributed by atoms with E-state index in [2.05, 4.69) is 32.7 Å². The number of nitrogens with one attached hydrogen (secondary N) is 2. The van der Waals surface area contributed by atoms with Crippen LogP contribution < -0.4 is 15.5 Å². The summed E-state index contributed by atoms with van der Waals surface area (Å²) in [4.78, 5) is 38.2. The third kappa shape index (κ3) is 6.87. The van der Waals surface area contributed by atoms with Gasteiger partial charge in [-0.15, -0.1) is 5.10 Å². The minimum absolute atomic E-state index is 0.00509. The summed E-state index contributed by atoms with van der Waals surface area (Å²) in [5.74, 6) is -2.41. The number of hydrogen-bond donors (Lipinski definition) is 2. The number of rotatable bonds is 8. The van der Waals surface area contributed by atoms with Crippen LogP contribution in [0.25, 0.3) is 5.65 Å². The molecule has 1 saturated carbocycles. The van der Waals surface area contributed by atoms with Crippen LogP contribution in [0, 0.1) is 5.41 Å². The minimum atomic E-state index is -2.83. The van der Waals surface area contributed by atoms with Gasteiger partial charge in [-0.25, -0.2) is 23.1 Å². The van der Waals surface area contributed by atoms with Crippen LogP contribution in [0.5, 0.6) is 0 Å². The number of halogens is 2. The first-order valence-corrected chi connectivity index (χ1v) is 19.4. The molecule has 8 rings (SSSR count). The summed E-state index contributed by atoms with van der Waals surface area (Å²) in [7, 11) is 3.48. The van der Waals surface area contributed by atoms with E-state index < -0.39 is 17.6 Å². The van der Waals surface area contributed by atoms with E-state index in [0.717, 1.165) is 54.6 Å². The largest absolute Gasteiger partial charge is 0.444 e. The van der Waals surface area contributed by atoms with Gasteiger partial charge >= 0.3 is 6.09 Å². The van der Waals surface area contributed by atoms with Crippen LogP contribution in [0.4, 0.5) is 30.8 Å². The summed E-state index contributed by atoms with van der Waals surface area (Å²) in [6.07, 6.45) is 5.85. The van der Waals surface area contributed by atoms with Gasteiger partial charge in [0, 0.05) is 71.7 Å². The minimum Gasteiger partial charge on any atom is -0.444 e. The number of amides is 2. The molecule has 13 nitrogen and oxygen atoms in total. The van der Waals surface area contributed by atoms with Crippen LogP contribution in [-0.4, -0.2) is 131 Å². The average Bonchev–Trinajstić information content (AvgIpc) is 3.73. The van der Waals surface area contributed by atoms with Crippen LogP contribution in [0.15, 0.2) is 30.5 Å². The molecule has 3 aromatic rings. The molecule has 3 saturated heterocycles. The number of carbonyl (C=O) groups is 2. The molecule has 4 aliphatic heterocycles. The van der Waals surface area contributed by atoms with Gasteiger partial charge in [0.2, 0.25) is 0 Å². The van der Waals surface area contributed by atoms with Crippen molar-refractivity contribution in [3.8, 4) is 0 Å². The molecule has 5 aliphatic rings. The highest BCUT2D eigenvalue weighted by atomic mass is 19.3. The second-order valence-electron chi connectivity index (χ2n) is 16.9. The molecule has 15 heteroatoms. The molecule has 2 amide bonds. The number of likely N-dealkylation sites (tertiary alicyclic amines) is 3. The molecule has 1 aliphatic carbocycles. The van der Waals surface area contributed by atoms with Crippen molar-refractivity contribution in [2.75, 3.05) is 70.2 Å². The summed E-state index contributed by atoms with van der Waals surface area (Å²) in [6.45, 7) is 9.57. The SMILES string of the molecule is CNc1cc(N2CCc3c(CN4CCC(N5CC6(CCN(C(=O)OC(C)(C)C)CC6)C5)C(F)(F)C4)cccc32)nn2c(C(=O)N[C@@H]3CC[C@H]3OC)cnc12. The first-order chi connectivity index (χ1) is 25.8. The molecule has 3 atom stereocenters. The second-order valence-corrected chi connectivity index (χ2v) is 16.9. The third-order valence-corrected chi connectivity index (χ3v) is 12.2. The Bertz CT molecular complexity index is 1900. The zero-order chi connectivity index (χ0) is 38.0. The summed E-state index contributed by atoms with van der Waals surface area (Å²) < 4.78 is 44.4. The Balaban J connectivity index is 0.912.